The molecule has 108 valence electrons. The molecule has 6 heteroatoms. The summed E-state index contributed by atoms with van der Waals surface area (Å²) in [5.74, 6) is 0.0913. The standard InChI is InChI=1S/C12H22O2.H2O3S/c1-2-3-4-5-6-7-8-9-12(14)10-11-13;1-4(2)3/h11H,2-10H2,1H3;(H2,1,2,3). The zero-order valence-corrected chi connectivity index (χ0v) is 11.8. The average molecular weight is 280 g/mol. The van der Waals surface area contributed by atoms with Crippen molar-refractivity contribution in [2.45, 2.75) is 64.7 Å². The fourth-order valence-corrected chi connectivity index (χ4v) is 1.47. The van der Waals surface area contributed by atoms with Gasteiger partial charge in [0, 0.05) is 6.42 Å². The van der Waals surface area contributed by atoms with Gasteiger partial charge in [-0.3, -0.25) is 13.9 Å². The molecule has 0 spiro atoms. The van der Waals surface area contributed by atoms with Crippen LogP contribution < -0.4 is 0 Å². The van der Waals surface area contributed by atoms with Crippen molar-refractivity contribution in [1.29, 1.82) is 0 Å². The Morgan fingerprint density at radius 2 is 1.50 bits per heavy atom. The smallest absolute Gasteiger partial charge is 0.299 e. The first kappa shape index (κ1) is 19.7. The summed E-state index contributed by atoms with van der Waals surface area (Å²) in [6.45, 7) is 2.21. The molecule has 0 saturated heterocycles. The van der Waals surface area contributed by atoms with Gasteiger partial charge in [-0.05, 0) is 6.42 Å². The highest BCUT2D eigenvalue weighted by Gasteiger charge is 1.99. The van der Waals surface area contributed by atoms with Crippen molar-refractivity contribution >= 4 is 23.4 Å². The second-order valence-corrected chi connectivity index (χ2v) is 4.47. The number of carbonyl (C=O) groups is 2. The Hall–Kier alpha value is -0.590. The molecule has 5 nitrogen and oxygen atoms in total. The van der Waals surface area contributed by atoms with Gasteiger partial charge in [-0.1, -0.05) is 45.4 Å². The SMILES string of the molecule is CCCCCCCCCC(=O)CC=O.O=S(O)O. The molecular formula is C12H24O5S. The van der Waals surface area contributed by atoms with Crippen LogP contribution in [-0.2, 0) is 21.0 Å². The van der Waals surface area contributed by atoms with Gasteiger partial charge in [0.15, 0.2) is 0 Å². The fourth-order valence-electron chi connectivity index (χ4n) is 1.47. The second kappa shape index (κ2) is 16.4. The lowest BCUT2D eigenvalue weighted by atomic mass is 10.1. The minimum absolute atomic E-state index is 0.0913. The summed E-state index contributed by atoms with van der Waals surface area (Å²) in [7, 11) is 0. The topological polar surface area (TPSA) is 91.7 Å². The number of carbonyl (C=O) groups excluding carboxylic acids is 2. The molecule has 18 heavy (non-hydrogen) atoms. The van der Waals surface area contributed by atoms with Crippen molar-refractivity contribution in [3.05, 3.63) is 0 Å². The van der Waals surface area contributed by atoms with Crippen LogP contribution in [-0.4, -0.2) is 25.4 Å². The number of hydrogen-bond acceptors (Lipinski definition) is 3. The number of aldehydes is 1. The Balaban J connectivity index is 0. The van der Waals surface area contributed by atoms with Gasteiger partial charge < -0.3 is 4.79 Å². The third-order valence-electron chi connectivity index (χ3n) is 2.37. The first-order valence-electron chi connectivity index (χ1n) is 6.29. The molecule has 0 rings (SSSR count). The zero-order chi connectivity index (χ0) is 14.2. The number of unbranched alkanes of at least 4 members (excludes halogenated alkanes) is 6. The van der Waals surface area contributed by atoms with Crippen molar-refractivity contribution in [2.24, 2.45) is 0 Å². The summed E-state index contributed by atoms with van der Waals surface area (Å²) >= 11 is -2.61. The molecule has 0 aromatic heterocycles. The highest BCUT2D eigenvalue weighted by Crippen LogP contribution is 2.08. The molecule has 0 fully saturated rings. The molecule has 0 aromatic rings. The molecule has 0 aromatic carbocycles. The van der Waals surface area contributed by atoms with Crippen LogP contribution in [0.1, 0.15) is 64.7 Å². The summed E-state index contributed by atoms with van der Waals surface area (Å²) in [6, 6.07) is 0. The second-order valence-electron chi connectivity index (χ2n) is 4.01. The van der Waals surface area contributed by atoms with Gasteiger partial charge in [0.05, 0.1) is 6.42 Å². The maximum atomic E-state index is 10.9. The zero-order valence-electron chi connectivity index (χ0n) is 11.0. The minimum atomic E-state index is -2.61. The summed E-state index contributed by atoms with van der Waals surface area (Å²) in [6.07, 6.45) is 9.92. The monoisotopic (exact) mass is 280 g/mol. The first-order chi connectivity index (χ1) is 8.54. The van der Waals surface area contributed by atoms with Crippen molar-refractivity contribution in [2.75, 3.05) is 0 Å². The van der Waals surface area contributed by atoms with E-state index in [9.17, 15) is 9.59 Å². The Bertz CT molecular complexity index is 227. The van der Waals surface area contributed by atoms with Gasteiger partial charge in [-0.2, -0.15) is 4.21 Å². The van der Waals surface area contributed by atoms with Crippen molar-refractivity contribution in [1.82, 2.24) is 0 Å². The molecule has 0 atom stereocenters. The van der Waals surface area contributed by atoms with Crippen molar-refractivity contribution in [3.8, 4) is 0 Å². The molecule has 0 aliphatic rings. The lowest BCUT2D eigenvalue weighted by Gasteiger charge is -1.99. The largest absolute Gasteiger partial charge is 0.303 e. The van der Waals surface area contributed by atoms with Crippen LogP contribution in [0.3, 0.4) is 0 Å². The number of Topliss-reactive ketones (excluding diaryl/α,β-unsaturated/α-hetero) is 1. The van der Waals surface area contributed by atoms with E-state index < -0.39 is 11.4 Å². The van der Waals surface area contributed by atoms with E-state index in [1.165, 1.54) is 32.1 Å². The van der Waals surface area contributed by atoms with E-state index in [0.717, 1.165) is 12.8 Å². The third kappa shape index (κ3) is 24.6. The van der Waals surface area contributed by atoms with E-state index in [1.807, 2.05) is 0 Å². The van der Waals surface area contributed by atoms with Crippen molar-refractivity contribution in [3.63, 3.8) is 0 Å². The summed E-state index contributed by atoms with van der Waals surface area (Å²) < 4.78 is 22.8. The Morgan fingerprint density at radius 3 is 1.94 bits per heavy atom. The predicted octanol–water partition coefficient (Wildman–Crippen LogP) is 2.97. The van der Waals surface area contributed by atoms with E-state index in [1.54, 1.807) is 0 Å². The van der Waals surface area contributed by atoms with Crippen LogP contribution >= 0.6 is 0 Å². The van der Waals surface area contributed by atoms with Gasteiger partial charge >= 0.3 is 0 Å². The van der Waals surface area contributed by atoms with Gasteiger partial charge in [0.2, 0.25) is 0 Å². The molecule has 0 aliphatic carbocycles. The summed E-state index contributed by atoms with van der Waals surface area (Å²) in [5, 5.41) is 0. The van der Waals surface area contributed by atoms with E-state index in [0.29, 0.717) is 12.7 Å². The maximum Gasteiger partial charge on any atom is 0.299 e. The molecule has 0 unspecified atom stereocenters. The normalized spacial score (nSPS) is 9.78. The lowest BCUT2D eigenvalue weighted by Crippen LogP contribution is -1.97. The molecule has 0 radical (unpaired) electrons. The van der Waals surface area contributed by atoms with Crippen LogP contribution in [0.15, 0.2) is 0 Å². The fraction of sp³-hybridized carbons (Fsp3) is 0.833. The quantitative estimate of drug-likeness (QED) is 0.278. The highest BCUT2D eigenvalue weighted by molar-refractivity contribution is 7.73. The minimum Gasteiger partial charge on any atom is -0.303 e. The predicted molar refractivity (Wildman–Crippen MR) is 71.7 cm³/mol. The Labute approximate surface area is 111 Å². The first-order valence-corrected chi connectivity index (χ1v) is 7.36. The summed E-state index contributed by atoms with van der Waals surface area (Å²) in [4.78, 5) is 20.9. The van der Waals surface area contributed by atoms with Gasteiger partial charge in [-0.25, -0.2) is 0 Å². The summed E-state index contributed by atoms with van der Waals surface area (Å²) in [5.41, 5.74) is 0. The van der Waals surface area contributed by atoms with Gasteiger partial charge in [0.1, 0.15) is 12.1 Å². The van der Waals surface area contributed by atoms with Gasteiger partial charge in [0.25, 0.3) is 11.4 Å². The molecule has 0 heterocycles. The highest BCUT2D eigenvalue weighted by atomic mass is 32.2. The van der Waals surface area contributed by atoms with Crippen LogP contribution in [0.25, 0.3) is 0 Å². The van der Waals surface area contributed by atoms with Crippen LogP contribution in [0.4, 0.5) is 0 Å². The Kier molecular flexibility index (Phi) is 18.0. The van der Waals surface area contributed by atoms with E-state index >= 15 is 0 Å². The third-order valence-corrected chi connectivity index (χ3v) is 2.37. The van der Waals surface area contributed by atoms with Gasteiger partial charge in [-0.15, -0.1) is 0 Å². The van der Waals surface area contributed by atoms with E-state index in [2.05, 4.69) is 6.92 Å². The van der Waals surface area contributed by atoms with Crippen LogP contribution in [0, 0.1) is 0 Å². The van der Waals surface area contributed by atoms with Crippen LogP contribution in [0.2, 0.25) is 0 Å². The molecule has 0 aliphatic heterocycles. The molecule has 0 amide bonds. The van der Waals surface area contributed by atoms with Crippen molar-refractivity contribution < 1.29 is 22.9 Å². The number of hydrogen-bond donors (Lipinski definition) is 2. The average Bonchev–Trinajstić information content (AvgIpc) is 2.27. The Morgan fingerprint density at radius 1 is 1.06 bits per heavy atom. The lowest BCUT2D eigenvalue weighted by molar-refractivity contribution is -0.122. The maximum absolute atomic E-state index is 10.9. The van der Waals surface area contributed by atoms with Crippen LogP contribution in [0.5, 0.6) is 0 Å². The number of ketones is 1. The molecule has 0 bridgehead atoms. The van der Waals surface area contributed by atoms with E-state index in [4.69, 9.17) is 13.3 Å². The molecular weight excluding hydrogens is 256 g/mol. The molecule has 0 saturated carbocycles. The number of rotatable bonds is 10. The van der Waals surface area contributed by atoms with E-state index in [-0.39, 0.29) is 12.2 Å². The molecule has 2 N–H and O–H groups in total.